The molecule has 0 atom stereocenters. The fraction of sp³-hybridized carbons (Fsp3) is 0.571. The van der Waals surface area contributed by atoms with Crippen LogP contribution in [0.4, 0.5) is 0 Å². The summed E-state index contributed by atoms with van der Waals surface area (Å²) in [5.41, 5.74) is 4.96. The molecular weight excluding hydrogens is 160 g/mol. The Bertz CT molecular complexity index is 171. The first kappa shape index (κ1) is 9.18. The van der Waals surface area contributed by atoms with Gasteiger partial charge >= 0.3 is 0 Å². The first-order valence-electron chi connectivity index (χ1n) is 3.75. The Morgan fingerprint density at radius 3 is 2.50 bits per heavy atom. The summed E-state index contributed by atoms with van der Waals surface area (Å²) >= 11 is 0. The lowest BCUT2D eigenvalue weighted by Crippen LogP contribution is -2.28. The van der Waals surface area contributed by atoms with Crippen LogP contribution in [-0.2, 0) is 14.5 Å². The van der Waals surface area contributed by atoms with Gasteiger partial charge in [-0.3, -0.25) is 14.5 Å². The molecule has 0 aromatic heterocycles. The van der Waals surface area contributed by atoms with Crippen LogP contribution in [0.1, 0.15) is 6.42 Å². The second-order valence-corrected chi connectivity index (χ2v) is 2.34. The van der Waals surface area contributed by atoms with Crippen LogP contribution in [-0.4, -0.2) is 30.9 Å². The third-order valence-corrected chi connectivity index (χ3v) is 1.34. The zero-order valence-corrected chi connectivity index (χ0v) is 6.73. The van der Waals surface area contributed by atoms with Crippen molar-refractivity contribution in [2.45, 2.75) is 6.42 Å². The molecule has 0 radical (unpaired) electrons. The van der Waals surface area contributed by atoms with Crippen molar-refractivity contribution in [3.05, 3.63) is 12.2 Å². The molecule has 0 bridgehead atoms. The predicted octanol–water partition coefficient (Wildman–Crippen LogP) is -0.403. The monoisotopic (exact) mass is 172 g/mol. The van der Waals surface area contributed by atoms with E-state index in [4.69, 9.17) is 15.4 Å². The molecule has 0 unspecified atom stereocenters. The highest BCUT2D eigenvalue weighted by molar-refractivity contribution is 5.73. The van der Waals surface area contributed by atoms with Gasteiger partial charge in [0.1, 0.15) is 0 Å². The summed E-state index contributed by atoms with van der Waals surface area (Å²) in [6.07, 6.45) is 3.94. The lowest BCUT2D eigenvalue weighted by atomic mass is 10.4. The molecule has 0 aromatic carbocycles. The van der Waals surface area contributed by atoms with Gasteiger partial charge in [0, 0.05) is 6.42 Å². The maximum absolute atomic E-state index is 10.4. The molecular formula is C7H12N2O3. The van der Waals surface area contributed by atoms with Gasteiger partial charge < -0.3 is 5.73 Å². The SMILES string of the molecule is NC(=O)CCN1OCC=CCO1. The summed E-state index contributed by atoms with van der Waals surface area (Å²) in [5.74, 6) is -0.362. The molecule has 0 aliphatic carbocycles. The van der Waals surface area contributed by atoms with Crippen LogP contribution < -0.4 is 5.73 Å². The predicted molar refractivity (Wildman–Crippen MR) is 41.6 cm³/mol. The molecule has 0 saturated carbocycles. The Labute approximate surface area is 70.6 Å². The number of carbonyl (C=O) groups is 1. The lowest BCUT2D eigenvalue weighted by molar-refractivity contribution is -0.355. The van der Waals surface area contributed by atoms with Crippen molar-refractivity contribution >= 4 is 5.91 Å². The molecule has 0 spiro atoms. The quantitative estimate of drug-likeness (QED) is 0.588. The molecule has 0 fully saturated rings. The van der Waals surface area contributed by atoms with E-state index >= 15 is 0 Å². The first-order valence-corrected chi connectivity index (χ1v) is 3.75. The van der Waals surface area contributed by atoms with Crippen LogP contribution in [0, 0.1) is 0 Å². The molecule has 2 N–H and O–H groups in total. The molecule has 1 aliphatic heterocycles. The second kappa shape index (κ2) is 4.87. The van der Waals surface area contributed by atoms with E-state index in [1.807, 2.05) is 12.2 Å². The van der Waals surface area contributed by atoms with Gasteiger partial charge in [-0.05, 0) is 0 Å². The number of nitrogens with two attached hydrogens (primary N) is 1. The van der Waals surface area contributed by atoms with E-state index in [1.54, 1.807) is 0 Å². The van der Waals surface area contributed by atoms with Gasteiger partial charge in [-0.15, -0.1) is 0 Å². The van der Waals surface area contributed by atoms with E-state index in [2.05, 4.69) is 0 Å². The number of carbonyl (C=O) groups excluding carboxylic acids is 1. The average molecular weight is 172 g/mol. The molecule has 0 saturated heterocycles. The van der Waals surface area contributed by atoms with E-state index in [1.165, 1.54) is 5.23 Å². The summed E-state index contributed by atoms with van der Waals surface area (Å²) in [5, 5.41) is 1.28. The van der Waals surface area contributed by atoms with Crippen LogP contribution in [0.25, 0.3) is 0 Å². The zero-order valence-electron chi connectivity index (χ0n) is 6.73. The number of hydrogen-bond acceptors (Lipinski definition) is 4. The third kappa shape index (κ3) is 3.47. The molecule has 5 nitrogen and oxygen atoms in total. The maximum atomic E-state index is 10.4. The van der Waals surface area contributed by atoms with Crippen LogP contribution >= 0.6 is 0 Å². The average Bonchev–Trinajstić information content (AvgIpc) is 2.28. The van der Waals surface area contributed by atoms with Crippen molar-refractivity contribution in [3.8, 4) is 0 Å². The standard InChI is InChI=1S/C7H12N2O3/c8-7(10)3-4-9-11-5-1-2-6-12-9/h1-2H,3-6H2,(H2,8,10). The minimum Gasteiger partial charge on any atom is -0.370 e. The lowest BCUT2D eigenvalue weighted by Gasteiger charge is -2.16. The Kier molecular flexibility index (Phi) is 3.72. The van der Waals surface area contributed by atoms with E-state index in [0.717, 1.165) is 0 Å². The van der Waals surface area contributed by atoms with Gasteiger partial charge in [-0.2, -0.15) is 0 Å². The Morgan fingerprint density at radius 2 is 2.00 bits per heavy atom. The fourth-order valence-electron chi connectivity index (χ4n) is 0.756. The maximum Gasteiger partial charge on any atom is 0.218 e. The van der Waals surface area contributed by atoms with E-state index in [9.17, 15) is 4.79 Å². The molecule has 1 heterocycles. The van der Waals surface area contributed by atoms with Crippen molar-refractivity contribution < 1.29 is 14.5 Å². The normalized spacial score (nSPS) is 19.0. The summed E-state index contributed by atoms with van der Waals surface area (Å²) in [6, 6.07) is 0. The highest BCUT2D eigenvalue weighted by Gasteiger charge is 2.08. The Balaban J connectivity index is 2.19. The van der Waals surface area contributed by atoms with Crippen LogP contribution in [0.2, 0.25) is 0 Å². The second-order valence-electron chi connectivity index (χ2n) is 2.34. The minimum atomic E-state index is -0.362. The number of amides is 1. The van der Waals surface area contributed by atoms with E-state index in [-0.39, 0.29) is 12.3 Å². The Hall–Kier alpha value is -0.910. The minimum absolute atomic E-state index is 0.236. The molecule has 1 rings (SSSR count). The van der Waals surface area contributed by atoms with E-state index in [0.29, 0.717) is 19.8 Å². The molecule has 1 aliphatic rings. The summed E-state index contributed by atoms with van der Waals surface area (Å²) < 4.78 is 0. The summed E-state index contributed by atoms with van der Waals surface area (Å²) in [7, 11) is 0. The molecule has 1 amide bonds. The molecule has 68 valence electrons. The van der Waals surface area contributed by atoms with Crippen molar-refractivity contribution in [2.24, 2.45) is 5.73 Å². The van der Waals surface area contributed by atoms with Crippen LogP contribution in [0.3, 0.4) is 0 Å². The fourth-order valence-corrected chi connectivity index (χ4v) is 0.756. The van der Waals surface area contributed by atoms with Crippen LogP contribution in [0.5, 0.6) is 0 Å². The third-order valence-electron chi connectivity index (χ3n) is 1.34. The zero-order chi connectivity index (χ0) is 8.81. The van der Waals surface area contributed by atoms with Gasteiger partial charge in [-0.25, -0.2) is 0 Å². The number of rotatable bonds is 3. The van der Waals surface area contributed by atoms with Gasteiger partial charge in [0.2, 0.25) is 5.91 Å². The summed E-state index contributed by atoms with van der Waals surface area (Å²) in [4.78, 5) is 20.5. The Morgan fingerprint density at radius 1 is 1.42 bits per heavy atom. The van der Waals surface area contributed by atoms with Gasteiger partial charge in [0.05, 0.1) is 19.8 Å². The van der Waals surface area contributed by atoms with Crippen LogP contribution in [0.15, 0.2) is 12.2 Å². The van der Waals surface area contributed by atoms with Crippen molar-refractivity contribution in [3.63, 3.8) is 0 Å². The topological polar surface area (TPSA) is 64.8 Å². The van der Waals surface area contributed by atoms with Gasteiger partial charge in [-0.1, -0.05) is 17.4 Å². The number of nitrogens with zero attached hydrogens (tertiary/aromatic N) is 1. The van der Waals surface area contributed by atoms with Gasteiger partial charge in [0.25, 0.3) is 0 Å². The smallest absolute Gasteiger partial charge is 0.218 e. The number of primary amides is 1. The highest BCUT2D eigenvalue weighted by atomic mass is 16.9. The molecule has 12 heavy (non-hydrogen) atoms. The van der Waals surface area contributed by atoms with Crippen molar-refractivity contribution in [1.29, 1.82) is 0 Å². The largest absolute Gasteiger partial charge is 0.370 e. The van der Waals surface area contributed by atoms with Crippen molar-refractivity contribution in [1.82, 2.24) is 5.23 Å². The highest BCUT2D eigenvalue weighted by Crippen LogP contribution is 1.99. The molecule has 5 heteroatoms. The van der Waals surface area contributed by atoms with Crippen molar-refractivity contribution in [2.75, 3.05) is 19.8 Å². The first-order chi connectivity index (χ1) is 5.79. The van der Waals surface area contributed by atoms with E-state index < -0.39 is 0 Å². The molecule has 0 aromatic rings. The summed E-state index contributed by atoms with van der Waals surface area (Å²) in [6.45, 7) is 1.31. The number of hydrogen-bond donors (Lipinski definition) is 1. The number of hydroxylamine groups is 2. The van der Waals surface area contributed by atoms with Gasteiger partial charge in [0.15, 0.2) is 0 Å².